The van der Waals surface area contributed by atoms with Crippen LogP contribution in [0, 0.1) is 0 Å². The van der Waals surface area contributed by atoms with Crippen LogP contribution in [0.5, 0.6) is 5.75 Å². The van der Waals surface area contributed by atoms with E-state index in [1.54, 1.807) is 14.2 Å². The average Bonchev–Trinajstić information content (AvgIpc) is 2.44. The number of nitrogens with zero attached hydrogens (tertiary/aromatic N) is 1. The number of hydrogen-bond acceptors (Lipinski definition) is 3. The van der Waals surface area contributed by atoms with Crippen LogP contribution in [0.1, 0.15) is 18.9 Å². The molecule has 0 aliphatic heterocycles. The molecule has 0 aliphatic rings. The minimum Gasteiger partial charge on any atom is -0.496 e. The number of para-hydroxylation sites is 1. The number of alkyl halides is 1. The van der Waals surface area contributed by atoms with Crippen molar-refractivity contribution in [1.29, 1.82) is 0 Å². The number of hydrogen-bond donors (Lipinski definition) is 0. The van der Waals surface area contributed by atoms with E-state index in [-0.39, 0.29) is 11.8 Å². The Balaban J connectivity index is 2.77. The van der Waals surface area contributed by atoms with Crippen LogP contribution in [-0.4, -0.2) is 44.6 Å². The molecule has 20 heavy (non-hydrogen) atoms. The molecule has 0 spiro atoms. The first-order chi connectivity index (χ1) is 9.42. The van der Waals surface area contributed by atoms with E-state index in [0.717, 1.165) is 11.3 Å². The van der Waals surface area contributed by atoms with Crippen LogP contribution in [0.15, 0.2) is 24.3 Å². The largest absolute Gasteiger partial charge is 0.496 e. The van der Waals surface area contributed by atoms with Crippen molar-refractivity contribution in [3.05, 3.63) is 29.8 Å². The Morgan fingerprint density at radius 3 is 2.60 bits per heavy atom. The Labute approximate surface area is 126 Å². The van der Waals surface area contributed by atoms with Gasteiger partial charge >= 0.3 is 0 Å². The summed E-state index contributed by atoms with van der Waals surface area (Å²) in [5, 5.41) is 0. The summed E-state index contributed by atoms with van der Waals surface area (Å²) in [7, 11) is -0.0230. The lowest BCUT2D eigenvalue weighted by atomic mass is 10.1. The number of ether oxygens (including phenoxy) is 1. The number of methoxy groups -OCH3 is 1. The Hall–Kier alpha value is -0.780. The third kappa shape index (κ3) is 4.65. The maximum Gasteiger partial charge on any atom is 0.214 e. The molecule has 1 atom stereocenters. The highest BCUT2D eigenvalue weighted by atomic mass is 35.5. The van der Waals surface area contributed by atoms with Gasteiger partial charge in [-0.05, 0) is 31.4 Å². The van der Waals surface area contributed by atoms with E-state index in [9.17, 15) is 8.42 Å². The van der Waals surface area contributed by atoms with Crippen molar-refractivity contribution in [2.24, 2.45) is 0 Å². The minimum absolute atomic E-state index is 0.0866. The van der Waals surface area contributed by atoms with Gasteiger partial charge in [0.2, 0.25) is 10.0 Å². The van der Waals surface area contributed by atoms with Gasteiger partial charge in [-0.3, -0.25) is 0 Å². The number of halogens is 1. The lowest BCUT2D eigenvalue weighted by Gasteiger charge is -2.25. The zero-order valence-corrected chi connectivity index (χ0v) is 13.7. The molecule has 0 amide bonds. The lowest BCUT2D eigenvalue weighted by molar-refractivity contribution is 0.373. The molecule has 114 valence electrons. The molecule has 1 aromatic carbocycles. The van der Waals surface area contributed by atoms with Gasteiger partial charge in [-0.15, -0.1) is 11.6 Å². The first kappa shape index (κ1) is 17.3. The Bertz CT molecular complexity index is 519. The van der Waals surface area contributed by atoms with E-state index in [2.05, 4.69) is 0 Å². The lowest BCUT2D eigenvalue weighted by Crippen LogP contribution is -2.38. The van der Waals surface area contributed by atoms with Gasteiger partial charge in [0.15, 0.2) is 0 Å². The van der Waals surface area contributed by atoms with Gasteiger partial charge in [0, 0.05) is 19.0 Å². The maximum atomic E-state index is 12.1. The van der Waals surface area contributed by atoms with Crippen LogP contribution in [-0.2, 0) is 16.4 Å². The third-order valence-electron chi connectivity index (χ3n) is 3.30. The standard InChI is InChI=1S/C14H22ClNO3S/c1-12(16(2)20(17,18)10-6-9-15)11-13-7-4-5-8-14(13)19-3/h4-5,7-8,12H,6,9-11H2,1-3H3. The monoisotopic (exact) mass is 319 g/mol. The van der Waals surface area contributed by atoms with E-state index >= 15 is 0 Å². The second-order valence-electron chi connectivity index (χ2n) is 4.74. The van der Waals surface area contributed by atoms with Gasteiger partial charge in [-0.25, -0.2) is 12.7 Å². The molecule has 0 saturated carbocycles. The van der Waals surface area contributed by atoms with E-state index in [0.29, 0.717) is 18.7 Å². The van der Waals surface area contributed by atoms with Gasteiger partial charge in [0.05, 0.1) is 12.9 Å². The molecule has 0 N–H and O–H groups in total. The summed E-state index contributed by atoms with van der Waals surface area (Å²) in [5.41, 5.74) is 1.00. The van der Waals surface area contributed by atoms with E-state index < -0.39 is 10.0 Å². The van der Waals surface area contributed by atoms with Crippen molar-refractivity contribution < 1.29 is 13.2 Å². The predicted molar refractivity (Wildman–Crippen MR) is 83.0 cm³/mol. The Morgan fingerprint density at radius 2 is 2.00 bits per heavy atom. The molecule has 0 saturated heterocycles. The van der Waals surface area contributed by atoms with Crippen molar-refractivity contribution >= 4 is 21.6 Å². The summed E-state index contributed by atoms with van der Waals surface area (Å²) < 4.78 is 30.9. The van der Waals surface area contributed by atoms with Crippen molar-refractivity contribution in [3.63, 3.8) is 0 Å². The second-order valence-corrected chi connectivity index (χ2v) is 7.27. The van der Waals surface area contributed by atoms with Gasteiger partial charge in [0.1, 0.15) is 5.75 Å². The summed E-state index contributed by atoms with van der Waals surface area (Å²) in [6.07, 6.45) is 1.08. The van der Waals surface area contributed by atoms with E-state index in [4.69, 9.17) is 16.3 Å². The maximum absolute atomic E-state index is 12.1. The molecule has 1 unspecified atom stereocenters. The number of sulfonamides is 1. The van der Waals surface area contributed by atoms with Gasteiger partial charge < -0.3 is 4.74 Å². The molecule has 0 bridgehead atoms. The first-order valence-corrected chi connectivity index (χ1v) is 8.70. The molecule has 0 heterocycles. The normalized spacial score (nSPS) is 13.4. The zero-order chi connectivity index (χ0) is 15.2. The molecule has 0 aliphatic carbocycles. The van der Waals surface area contributed by atoms with Crippen molar-refractivity contribution in [2.45, 2.75) is 25.8 Å². The van der Waals surface area contributed by atoms with Crippen LogP contribution in [0.2, 0.25) is 0 Å². The van der Waals surface area contributed by atoms with E-state index in [1.165, 1.54) is 4.31 Å². The molecule has 1 rings (SSSR count). The van der Waals surface area contributed by atoms with Crippen LogP contribution in [0.25, 0.3) is 0 Å². The minimum atomic E-state index is -3.25. The molecule has 0 aromatic heterocycles. The van der Waals surface area contributed by atoms with Gasteiger partial charge in [-0.1, -0.05) is 18.2 Å². The Kier molecular flexibility index (Phi) is 6.79. The van der Waals surface area contributed by atoms with Crippen molar-refractivity contribution in [2.75, 3.05) is 25.8 Å². The Morgan fingerprint density at radius 1 is 1.35 bits per heavy atom. The van der Waals surface area contributed by atoms with E-state index in [1.807, 2.05) is 31.2 Å². The number of benzene rings is 1. The SMILES string of the molecule is COc1ccccc1CC(C)N(C)S(=O)(=O)CCCCl. The summed E-state index contributed by atoms with van der Waals surface area (Å²) in [4.78, 5) is 0. The quantitative estimate of drug-likeness (QED) is 0.692. The fourth-order valence-corrected chi connectivity index (χ4v) is 3.69. The van der Waals surface area contributed by atoms with Crippen molar-refractivity contribution in [3.8, 4) is 5.75 Å². The molecule has 0 fully saturated rings. The van der Waals surface area contributed by atoms with Crippen LogP contribution in [0.3, 0.4) is 0 Å². The van der Waals surface area contributed by atoms with Gasteiger partial charge in [0.25, 0.3) is 0 Å². The van der Waals surface area contributed by atoms with Crippen LogP contribution < -0.4 is 4.74 Å². The summed E-state index contributed by atoms with van der Waals surface area (Å²) >= 11 is 5.56. The molecular formula is C14H22ClNO3S. The van der Waals surface area contributed by atoms with Crippen LogP contribution in [0.4, 0.5) is 0 Å². The molecule has 4 nitrogen and oxygen atoms in total. The van der Waals surface area contributed by atoms with Crippen LogP contribution >= 0.6 is 11.6 Å². The summed E-state index contributed by atoms with van der Waals surface area (Å²) in [6.45, 7) is 1.89. The molecule has 6 heteroatoms. The molecule has 0 radical (unpaired) electrons. The highest BCUT2D eigenvalue weighted by molar-refractivity contribution is 7.89. The van der Waals surface area contributed by atoms with Gasteiger partial charge in [-0.2, -0.15) is 0 Å². The average molecular weight is 320 g/mol. The smallest absolute Gasteiger partial charge is 0.214 e. The summed E-state index contributed by atoms with van der Waals surface area (Å²) in [5.74, 6) is 1.22. The molecular weight excluding hydrogens is 298 g/mol. The zero-order valence-electron chi connectivity index (χ0n) is 12.2. The second kappa shape index (κ2) is 7.86. The predicted octanol–water partition coefficient (Wildman–Crippen LogP) is 2.52. The summed E-state index contributed by atoms with van der Waals surface area (Å²) in [6, 6.07) is 7.52. The number of likely N-dealkylation sites (N-methyl/N-ethyl adjacent to an activating group) is 1. The molecule has 1 aromatic rings. The topological polar surface area (TPSA) is 46.6 Å². The highest BCUT2D eigenvalue weighted by Gasteiger charge is 2.23. The highest BCUT2D eigenvalue weighted by Crippen LogP contribution is 2.21. The fraction of sp³-hybridized carbons (Fsp3) is 0.571. The van der Waals surface area contributed by atoms with Crippen molar-refractivity contribution in [1.82, 2.24) is 4.31 Å². The fourth-order valence-electron chi connectivity index (χ4n) is 1.97. The number of rotatable bonds is 8. The first-order valence-electron chi connectivity index (χ1n) is 6.56. The third-order valence-corrected chi connectivity index (χ3v) is 5.61.